The van der Waals surface area contributed by atoms with E-state index in [4.69, 9.17) is 39.5 Å². The Morgan fingerprint density at radius 3 is 1.30 bits per heavy atom. The van der Waals surface area contributed by atoms with Crippen molar-refractivity contribution in [1.29, 1.82) is 0 Å². The number of benzene rings is 4. The standard InChI is InChI=1S/C32H17FN8.ClH.Ga.2H/c33-23-15-7-14-22-24(23)32-40-30-21-13-6-5-12-20(21)28(38-30)36-26-17-9-2-1-8-16(17)25(34-26)35-27-18-10-3-4-11-19(18)29(37-27)39-31(22)41-32;;;;/h1-15H,(H2,34,35,36,37,38,39,40,41);1H;;;/q;;+1;;/p-1. The van der Waals surface area contributed by atoms with Gasteiger partial charge in [-0.3, -0.25) is 0 Å². The fraction of sp³-hybridized carbons (Fsp3) is 0. The zero-order chi connectivity index (χ0) is 29.1. The normalized spacial score (nSPS) is 11.6. The first-order valence-electron chi connectivity index (χ1n) is 13.5. The van der Waals surface area contributed by atoms with E-state index in [1.165, 1.54) is 6.07 Å². The number of hydrogen-bond donors (Lipinski definition) is 2. The average molecular weight is 640 g/mol. The molecule has 8 bridgehead atoms. The molecule has 0 atom stereocenters. The fourth-order valence-corrected chi connectivity index (χ4v) is 5.65. The fourth-order valence-electron chi connectivity index (χ4n) is 5.65. The Bertz CT molecular complexity index is 2410. The van der Waals surface area contributed by atoms with Crippen molar-refractivity contribution in [3.05, 3.63) is 96.8 Å². The van der Waals surface area contributed by atoms with Gasteiger partial charge in [0, 0.05) is 38.4 Å². The summed E-state index contributed by atoms with van der Waals surface area (Å²) in [6.07, 6.45) is 0. The third-order valence-corrected chi connectivity index (χ3v) is 7.53. The average Bonchev–Trinajstić information content (AvgIpc) is 3.78. The molecule has 9 rings (SSSR count). The molecule has 5 heterocycles. The first-order chi connectivity index (χ1) is 21.2. The van der Waals surface area contributed by atoms with Gasteiger partial charge in [0.25, 0.3) is 0 Å². The number of aromatic nitrogens is 8. The molecule has 0 aliphatic carbocycles. The Balaban J connectivity index is 0.00000136. The zero-order valence-corrected chi connectivity index (χ0v) is 27.6. The Hall–Kier alpha value is -4.90. The summed E-state index contributed by atoms with van der Waals surface area (Å²) < 4.78 is 15.3. The summed E-state index contributed by atoms with van der Waals surface area (Å²) in [4.78, 5) is 36.0. The summed E-state index contributed by atoms with van der Waals surface area (Å²) in [5, 5.41) is 2.75. The summed E-state index contributed by atoms with van der Waals surface area (Å²) in [5.74, 6) is 1.54. The van der Waals surface area contributed by atoms with Gasteiger partial charge in [0.1, 0.15) is 28.4 Å². The molecule has 2 aliphatic heterocycles. The van der Waals surface area contributed by atoms with Gasteiger partial charge in [-0.25, -0.2) is 34.3 Å². The van der Waals surface area contributed by atoms with Crippen molar-refractivity contribution in [2.24, 2.45) is 0 Å². The zero-order valence-electron chi connectivity index (χ0n) is 22.6. The molecule has 0 saturated heterocycles. The van der Waals surface area contributed by atoms with Gasteiger partial charge in [0.05, 0.1) is 5.39 Å². The molecular weight excluding hydrogens is 621 g/mol. The number of rotatable bonds is 0. The Morgan fingerprint density at radius 2 is 0.814 bits per heavy atom. The second-order valence-electron chi connectivity index (χ2n) is 9.91. The number of H-pyrrole nitrogens is 2. The first-order valence-corrected chi connectivity index (χ1v) is 19.0. The van der Waals surface area contributed by atoms with E-state index < -0.39 is 5.82 Å². The van der Waals surface area contributed by atoms with Crippen LogP contribution in [0.2, 0.25) is 0 Å². The van der Waals surface area contributed by atoms with Crippen LogP contribution in [0, 0.1) is 5.82 Å². The van der Waals surface area contributed by atoms with Crippen LogP contribution in [0.5, 0.6) is 0 Å². The van der Waals surface area contributed by atoms with Crippen LogP contribution in [0.3, 0.4) is 0 Å². The van der Waals surface area contributed by atoms with E-state index in [1.54, 1.807) is 6.07 Å². The molecule has 43 heavy (non-hydrogen) atoms. The molecule has 3 aromatic heterocycles. The number of halogens is 2. The van der Waals surface area contributed by atoms with Gasteiger partial charge >= 0.3 is 27.2 Å². The minimum atomic E-state index is -0.404. The van der Waals surface area contributed by atoms with Crippen LogP contribution < -0.4 is 0 Å². The Labute approximate surface area is 257 Å². The maximum atomic E-state index is 15.3. The molecule has 2 aliphatic rings. The SMILES string of the molecule is Fc1cccc2c3nc4nc(nc5[nH]c(nc6nc(nc([nH]3)c12)-c1ccccc1-6)c1ccccc51)-c1ccccc1-4.[Cl][GaH2]. The molecule has 204 valence electrons. The van der Waals surface area contributed by atoms with E-state index in [9.17, 15) is 0 Å². The molecule has 7 aromatic rings. The van der Waals surface area contributed by atoms with Crippen LogP contribution in [0.25, 0.3) is 89.7 Å². The van der Waals surface area contributed by atoms with Gasteiger partial charge < -0.3 is 9.97 Å². The van der Waals surface area contributed by atoms with E-state index in [-0.39, 0.29) is 0 Å². The van der Waals surface area contributed by atoms with Crippen LogP contribution >= 0.6 is 9.64 Å². The third-order valence-electron chi connectivity index (χ3n) is 7.53. The summed E-state index contributed by atoms with van der Waals surface area (Å²) in [5.41, 5.74) is 5.37. The molecule has 8 nitrogen and oxygen atoms in total. The predicted octanol–water partition coefficient (Wildman–Crippen LogP) is 6.78. The van der Waals surface area contributed by atoms with Gasteiger partial charge in [0.15, 0.2) is 23.3 Å². The van der Waals surface area contributed by atoms with Gasteiger partial charge in [-0.2, -0.15) is 0 Å². The molecular formula is C32H19ClFGaN8. The summed E-state index contributed by atoms with van der Waals surface area (Å²) in [7, 11) is 4.83. The molecule has 4 aromatic carbocycles. The molecule has 0 radical (unpaired) electrons. The van der Waals surface area contributed by atoms with E-state index in [1.807, 2.05) is 78.9 Å². The second kappa shape index (κ2) is 10.1. The number of hydrogen-bond acceptors (Lipinski definition) is 6. The summed E-state index contributed by atoms with van der Waals surface area (Å²) in [6.45, 7) is 0. The van der Waals surface area contributed by atoms with E-state index >= 15 is 4.39 Å². The first kappa shape index (κ1) is 25.8. The van der Waals surface area contributed by atoms with E-state index in [2.05, 4.69) is 9.97 Å². The van der Waals surface area contributed by atoms with Crippen LogP contribution in [-0.2, 0) is 0 Å². The summed E-state index contributed by atoms with van der Waals surface area (Å²) in [6, 6.07) is 28.4. The van der Waals surface area contributed by atoms with Gasteiger partial charge in [0.2, 0.25) is 0 Å². The molecule has 2 N–H and O–H groups in total. The van der Waals surface area contributed by atoms with E-state index in [0.29, 0.717) is 74.3 Å². The number of nitrogens with one attached hydrogen (secondary N) is 2. The van der Waals surface area contributed by atoms with Crippen molar-refractivity contribution in [3.8, 4) is 45.6 Å². The predicted molar refractivity (Wildman–Crippen MR) is 170 cm³/mol. The maximum absolute atomic E-state index is 15.3. The van der Waals surface area contributed by atoms with Crippen molar-refractivity contribution in [3.63, 3.8) is 0 Å². The minimum absolute atomic E-state index is 0.326. The number of fused-ring (bicyclic) bond motifs is 20. The number of aromatic amines is 2. The van der Waals surface area contributed by atoms with Gasteiger partial charge in [-0.15, -0.1) is 0 Å². The summed E-state index contributed by atoms with van der Waals surface area (Å²) >= 11 is 0.535. The molecule has 0 fully saturated rings. The second-order valence-corrected chi connectivity index (χ2v) is 9.91. The van der Waals surface area contributed by atoms with Gasteiger partial charge in [-0.05, 0) is 6.07 Å². The van der Waals surface area contributed by atoms with Crippen LogP contribution in [0.15, 0.2) is 91.0 Å². The van der Waals surface area contributed by atoms with Crippen LogP contribution in [0.1, 0.15) is 0 Å². The van der Waals surface area contributed by atoms with Crippen molar-refractivity contribution in [2.45, 2.75) is 0 Å². The molecule has 0 unspecified atom stereocenters. The topological polar surface area (TPSA) is 109 Å². The Morgan fingerprint density at radius 1 is 0.442 bits per heavy atom. The molecule has 11 heteroatoms. The van der Waals surface area contributed by atoms with Crippen LogP contribution in [-0.4, -0.2) is 57.5 Å². The molecule has 0 spiro atoms. The Kier molecular flexibility index (Phi) is 6.07. The quantitative estimate of drug-likeness (QED) is 0.177. The molecule has 0 saturated carbocycles. The monoisotopic (exact) mass is 638 g/mol. The van der Waals surface area contributed by atoms with E-state index in [0.717, 1.165) is 33.0 Å². The number of nitrogens with zero attached hydrogens (tertiary/aromatic N) is 6. The molecule has 0 amide bonds. The van der Waals surface area contributed by atoms with Crippen molar-refractivity contribution >= 4 is 71.4 Å². The van der Waals surface area contributed by atoms with Gasteiger partial charge in [-0.1, -0.05) is 84.9 Å². The van der Waals surface area contributed by atoms with Crippen molar-refractivity contribution in [1.82, 2.24) is 39.9 Å². The van der Waals surface area contributed by atoms with Crippen molar-refractivity contribution < 1.29 is 4.39 Å². The van der Waals surface area contributed by atoms with Crippen molar-refractivity contribution in [2.75, 3.05) is 0 Å². The van der Waals surface area contributed by atoms with Crippen LogP contribution in [0.4, 0.5) is 4.39 Å². The third kappa shape index (κ3) is 4.06.